The molecule has 0 aromatic carbocycles. The second-order valence-electron chi connectivity index (χ2n) is 4.33. The molecule has 1 saturated carbocycles. The molecule has 0 saturated heterocycles. The molecular formula is C10H13BrN2O. The predicted molar refractivity (Wildman–Crippen MR) is 57.4 cm³/mol. The van der Waals surface area contributed by atoms with E-state index >= 15 is 0 Å². The Hall–Kier alpha value is -0.640. The molecule has 0 radical (unpaired) electrons. The van der Waals surface area contributed by atoms with Crippen LogP contribution in [0.25, 0.3) is 0 Å². The molecule has 14 heavy (non-hydrogen) atoms. The Morgan fingerprint density at radius 3 is 2.64 bits per heavy atom. The summed E-state index contributed by atoms with van der Waals surface area (Å²) in [7, 11) is 1.62. The van der Waals surface area contributed by atoms with Gasteiger partial charge in [-0.05, 0) is 27.8 Å². The number of ether oxygens (including phenoxy) is 1. The van der Waals surface area contributed by atoms with Crippen molar-refractivity contribution in [3.63, 3.8) is 0 Å². The minimum absolute atomic E-state index is 0.377. The third-order valence-electron chi connectivity index (χ3n) is 2.82. The van der Waals surface area contributed by atoms with E-state index in [1.54, 1.807) is 13.4 Å². The topological polar surface area (TPSA) is 35.0 Å². The van der Waals surface area contributed by atoms with E-state index in [0.717, 1.165) is 10.2 Å². The number of hydrogen-bond donors (Lipinski definition) is 0. The fourth-order valence-corrected chi connectivity index (χ4v) is 2.33. The van der Waals surface area contributed by atoms with E-state index in [4.69, 9.17) is 4.74 Å². The minimum atomic E-state index is 0.377. The molecule has 1 aliphatic rings. The Bertz CT molecular complexity index is 365. The summed E-state index contributed by atoms with van der Waals surface area (Å²) >= 11 is 3.48. The molecule has 1 fully saturated rings. The van der Waals surface area contributed by atoms with Crippen LogP contribution < -0.4 is 4.74 Å². The summed E-state index contributed by atoms with van der Waals surface area (Å²) in [6.07, 6.45) is 2.75. The molecule has 0 bridgehead atoms. The minimum Gasteiger partial charge on any atom is -0.480 e. The first-order valence-corrected chi connectivity index (χ1v) is 5.40. The van der Waals surface area contributed by atoms with Crippen LogP contribution in [0.1, 0.15) is 31.9 Å². The molecule has 1 atom stereocenters. The van der Waals surface area contributed by atoms with Crippen molar-refractivity contribution < 1.29 is 4.74 Å². The van der Waals surface area contributed by atoms with Crippen LogP contribution in [0.4, 0.5) is 0 Å². The fraction of sp³-hybridized carbons (Fsp3) is 0.600. The summed E-state index contributed by atoms with van der Waals surface area (Å²) in [5, 5.41) is 0. The normalized spacial score (nSPS) is 23.3. The number of nitrogens with zero attached hydrogens (tertiary/aromatic N) is 2. The Labute approximate surface area is 92.0 Å². The molecule has 76 valence electrons. The average molecular weight is 257 g/mol. The Morgan fingerprint density at radius 2 is 2.14 bits per heavy atom. The van der Waals surface area contributed by atoms with Crippen molar-refractivity contribution in [3.05, 3.63) is 16.5 Å². The molecule has 1 heterocycles. The van der Waals surface area contributed by atoms with Gasteiger partial charge in [0.25, 0.3) is 0 Å². The van der Waals surface area contributed by atoms with Crippen molar-refractivity contribution in [2.45, 2.75) is 26.2 Å². The van der Waals surface area contributed by atoms with Gasteiger partial charge in [0.1, 0.15) is 10.8 Å². The molecule has 0 spiro atoms. The lowest BCUT2D eigenvalue weighted by molar-refractivity contribution is 0.392. The molecule has 0 amide bonds. The monoisotopic (exact) mass is 256 g/mol. The van der Waals surface area contributed by atoms with Gasteiger partial charge >= 0.3 is 0 Å². The molecule has 1 aliphatic carbocycles. The zero-order valence-electron chi connectivity index (χ0n) is 8.54. The highest BCUT2D eigenvalue weighted by molar-refractivity contribution is 9.10. The third kappa shape index (κ3) is 1.52. The molecule has 0 N–H and O–H groups in total. The molecule has 2 rings (SSSR count). The smallest absolute Gasteiger partial charge is 0.231 e. The Morgan fingerprint density at radius 1 is 1.50 bits per heavy atom. The Kier molecular flexibility index (Phi) is 2.26. The van der Waals surface area contributed by atoms with Crippen LogP contribution in [-0.2, 0) is 0 Å². The largest absolute Gasteiger partial charge is 0.480 e. The lowest BCUT2D eigenvalue weighted by Gasteiger charge is -2.07. The van der Waals surface area contributed by atoms with Crippen molar-refractivity contribution in [2.24, 2.45) is 5.41 Å². The van der Waals surface area contributed by atoms with Crippen LogP contribution in [0.2, 0.25) is 0 Å². The summed E-state index contributed by atoms with van der Waals surface area (Å²) in [6, 6.07) is 0. The second-order valence-corrected chi connectivity index (χ2v) is 5.12. The van der Waals surface area contributed by atoms with E-state index < -0.39 is 0 Å². The molecule has 1 aromatic rings. The molecule has 0 aliphatic heterocycles. The summed E-state index contributed by atoms with van der Waals surface area (Å²) in [5.74, 6) is 1.16. The summed E-state index contributed by atoms with van der Waals surface area (Å²) in [4.78, 5) is 8.34. The van der Waals surface area contributed by atoms with Crippen molar-refractivity contribution in [2.75, 3.05) is 7.11 Å². The highest BCUT2D eigenvalue weighted by Gasteiger charge is 2.48. The number of aromatic nitrogens is 2. The lowest BCUT2D eigenvalue weighted by atomic mass is 10.1. The van der Waals surface area contributed by atoms with Gasteiger partial charge in [-0.15, -0.1) is 0 Å². The molecule has 3 nitrogen and oxygen atoms in total. The van der Waals surface area contributed by atoms with Crippen LogP contribution in [0.5, 0.6) is 5.88 Å². The molecule has 1 unspecified atom stereocenters. The van der Waals surface area contributed by atoms with Gasteiger partial charge in [-0.25, -0.2) is 9.97 Å². The van der Waals surface area contributed by atoms with Crippen LogP contribution >= 0.6 is 15.9 Å². The van der Waals surface area contributed by atoms with Crippen molar-refractivity contribution in [1.82, 2.24) is 9.97 Å². The van der Waals surface area contributed by atoms with E-state index in [0.29, 0.717) is 17.2 Å². The SMILES string of the molecule is COc1ncnc(C2CC2(C)C)c1Br. The predicted octanol–water partition coefficient (Wildman–Crippen LogP) is 2.76. The zero-order chi connectivity index (χ0) is 10.3. The fourth-order valence-electron chi connectivity index (χ4n) is 1.69. The van der Waals surface area contributed by atoms with Gasteiger partial charge in [0.15, 0.2) is 0 Å². The summed E-state index contributed by atoms with van der Waals surface area (Å²) in [6.45, 7) is 4.50. The second kappa shape index (κ2) is 3.19. The first-order chi connectivity index (χ1) is 6.56. The maximum Gasteiger partial charge on any atom is 0.231 e. The van der Waals surface area contributed by atoms with Crippen LogP contribution in [0.3, 0.4) is 0 Å². The molecular weight excluding hydrogens is 244 g/mol. The van der Waals surface area contributed by atoms with Gasteiger partial charge in [-0.1, -0.05) is 13.8 Å². The first kappa shape index (κ1) is 9.90. The van der Waals surface area contributed by atoms with Gasteiger partial charge in [0, 0.05) is 5.92 Å². The quantitative estimate of drug-likeness (QED) is 0.817. The zero-order valence-corrected chi connectivity index (χ0v) is 10.1. The van der Waals surface area contributed by atoms with Gasteiger partial charge < -0.3 is 4.74 Å². The van der Waals surface area contributed by atoms with Gasteiger partial charge in [-0.3, -0.25) is 0 Å². The van der Waals surface area contributed by atoms with E-state index in [-0.39, 0.29) is 0 Å². The number of halogens is 1. The maximum atomic E-state index is 5.13. The number of methoxy groups -OCH3 is 1. The number of rotatable bonds is 2. The van der Waals surface area contributed by atoms with Crippen molar-refractivity contribution in [1.29, 1.82) is 0 Å². The van der Waals surface area contributed by atoms with Gasteiger partial charge in [0.05, 0.1) is 12.8 Å². The van der Waals surface area contributed by atoms with Crippen molar-refractivity contribution in [3.8, 4) is 5.88 Å². The first-order valence-electron chi connectivity index (χ1n) is 4.60. The molecule has 4 heteroatoms. The van der Waals surface area contributed by atoms with E-state index in [2.05, 4.69) is 39.7 Å². The third-order valence-corrected chi connectivity index (χ3v) is 3.57. The van der Waals surface area contributed by atoms with Crippen LogP contribution in [0.15, 0.2) is 10.8 Å². The standard InChI is InChI=1S/C10H13BrN2O/c1-10(2)4-6(10)8-7(11)9(14-3)13-5-12-8/h5-6H,4H2,1-3H3. The van der Waals surface area contributed by atoms with E-state index in [1.165, 1.54) is 6.42 Å². The van der Waals surface area contributed by atoms with E-state index in [1.807, 2.05) is 0 Å². The maximum absolute atomic E-state index is 5.13. The van der Waals surface area contributed by atoms with Crippen molar-refractivity contribution >= 4 is 15.9 Å². The highest BCUT2D eigenvalue weighted by atomic mass is 79.9. The average Bonchev–Trinajstić information content (AvgIpc) is 2.75. The Balaban J connectivity index is 2.36. The summed E-state index contributed by atoms with van der Waals surface area (Å²) in [5.41, 5.74) is 1.45. The highest BCUT2D eigenvalue weighted by Crippen LogP contribution is 2.59. The lowest BCUT2D eigenvalue weighted by Crippen LogP contribution is -1.98. The van der Waals surface area contributed by atoms with Crippen LogP contribution in [-0.4, -0.2) is 17.1 Å². The van der Waals surface area contributed by atoms with Gasteiger partial charge in [-0.2, -0.15) is 0 Å². The van der Waals surface area contributed by atoms with Crippen LogP contribution in [0, 0.1) is 5.41 Å². The molecule has 1 aromatic heterocycles. The van der Waals surface area contributed by atoms with E-state index in [9.17, 15) is 0 Å². The number of hydrogen-bond acceptors (Lipinski definition) is 3. The summed E-state index contributed by atoms with van der Waals surface area (Å²) < 4.78 is 6.03. The van der Waals surface area contributed by atoms with Gasteiger partial charge in [0.2, 0.25) is 5.88 Å².